The van der Waals surface area contributed by atoms with Crippen molar-refractivity contribution in [2.24, 2.45) is 47.3 Å². The number of thiophene rings is 1. The molecule has 0 N–H and O–H groups in total. The van der Waals surface area contributed by atoms with Crippen LogP contribution >= 0.6 is 11.3 Å². The fraction of sp³-hybridized carbons (Fsp3) is 0.333. The number of rotatable bonds is 4. The van der Waals surface area contributed by atoms with Gasteiger partial charge in [-0.1, -0.05) is 121 Å². The van der Waals surface area contributed by atoms with Crippen LogP contribution in [-0.4, -0.2) is 0 Å². The Morgan fingerprint density at radius 1 is 0.328 bits per heavy atom. The van der Waals surface area contributed by atoms with Crippen molar-refractivity contribution in [3.05, 3.63) is 145 Å². The normalized spacial score (nSPS) is 30.0. The zero-order valence-corrected chi connectivity index (χ0v) is 35.8. The highest BCUT2D eigenvalue weighted by molar-refractivity contribution is 7.26. The molecule has 0 aliphatic heterocycles. The molecular weight excluding hydrogens is 753 g/mol. The van der Waals surface area contributed by atoms with Gasteiger partial charge in [0, 0.05) is 20.2 Å². The summed E-state index contributed by atoms with van der Waals surface area (Å²) in [7, 11) is 0. The molecule has 61 heavy (non-hydrogen) atoms. The Kier molecular flexibility index (Phi) is 7.26. The molecule has 0 spiro atoms. The standard InChI is InChI=1S/C60H52S/c1-5-14-46-42(10-1)56(43-11-2-6-15-47(43)59(46)54-38-24-33-22-34(26-38)27-39(54)25-33)37-20-21-50-53(32-37)61-52-19-9-18-51(58(50)52)57-44-12-3-7-16-48(44)60(49-17-8-4-13-45(49)57)55-40-28-35-23-36(30-40)31-41(55)29-35/h1-21,32-36,38-41,54-55H,22-31H2. The van der Waals surface area contributed by atoms with Crippen LogP contribution in [0, 0.1) is 47.3 Å². The molecular formula is C60H52S. The van der Waals surface area contributed by atoms with E-state index in [1.165, 1.54) is 150 Å². The summed E-state index contributed by atoms with van der Waals surface area (Å²) in [4.78, 5) is 0. The molecule has 8 aromatic carbocycles. The zero-order valence-electron chi connectivity index (χ0n) is 35.0. The Morgan fingerprint density at radius 3 is 1.18 bits per heavy atom. The lowest BCUT2D eigenvalue weighted by molar-refractivity contribution is -0.00191. The van der Waals surface area contributed by atoms with Crippen molar-refractivity contribution < 1.29 is 0 Å². The van der Waals surface area contributed by atoms with Gasteiger partial charge in [-0.15, -0.1) is 11.3 Å². The molecule has 8 aliphatic rings. The van der Waals surface area contributed by atoms with Crippen LogP contribution in [0.15, 0.2) is 133 Å². The molecule has 1 heteroatoms. The number of hydrogen-bond acceptors (Lipinski definition) is 1. The summed E-state index contributed by atoms with van der Waals surface area (Å²) in [6, 6.07) is 52.7. The minimum atomic E-state index is 0.682. The van der Waals surface area contributed by atoms with Gasteiger partial charge in [-0.25, -0.2) is 0 Å². The van der Waals surface area contributed by atoms with Crippen LogP contribution in [0.3, 0.4) is 0 Å². The highest BCUT2D eigenvalue weighted by Gasteiger charge is 2.51. The van der Waals surface area contributed by atoms with E-state index in [0.29, 0.717) is 11.8 Å². The number of hydrogen-bond donors (Lipinski definition) is 0. The molecule has 0 saturated heterocycles. The minimum absolute atomic E-state index is 0.682. The molecule has 17 rings (SSSR count). The predicted molar refractivity (Wildman–Crippen MR) is 260 cm³/mol. The molecule has 0 amide bonds. The monoisotopic (exact) mass is 804 g/mol. The fourth-order valence-corrected chi connectivity index (χ4v) is 17.8. The van der Waals surface area contributed by atoms with Crippen LogP contribution in [0.4, 0.5) is 0 Å². The SMILES string of the molecule is c1cc(-c2c3ccccc3c(C3C4CC5CC(C4)CC3C5)c3ccccc23)c2c(c1)sc1cc(-c3c4ccccc4c(C4C5CC6CC(C5)CC4C6)c4ccccc34)ccc12. The molecule has 0 atom stereocenters. The molecule has 8 fully saturated rings. The van der Waals surface area contributed by atoms with E-state index in [-0.39, 0.29) is 0 Å². The number of benzene rings is 8. The van der Waals surface area contributed by atoms with E-state index in [1.807, 2.05) is 11.3 Å². The molecule has 1 heterocycles. The van der Waals surface area contributed by atoms with Crippen LogP contribution in [0.2, 0.25) is 0 Å². The van der Waals surface area contributed by atoms with E-state index >= 15 is 0 Å². The van der Waals surface area contributed by atoms with E-state index in [9.17, 15) is 0 Å². The number of fused-ring (bicyclic) bond motifs is 7. The van der Waals surface area contributed by atoms with Crippen LogP contribution in [-0.2, 0) is 0 Å². The third kappa shape index (κ3) is 4.88. The van der Waals surface area contributed by atoms with Gasteiger partial charge in [0.1, 0.15) is 0 Å². The van der Waals surface area contributed by atoms with Crippen LogP contribution in [0.5, 0.6) is 0 Å². The quantitative estimate of drug-likeness (QED) is 0.155. The maximum atomic E-state index is 2.55. The van der Waals surface area contributed by atoms with Gasteiger partial charge in [-0.2, -0.15) is 0 Å². The Morgan fingerprint density at radius 2 is 0.738 bits per heavy atom. The van der Waals surface area contributed by atoms with Crippen LogP contribution < -0.4 is 0 Å². The maximum absolute atomic E-state index is 2.55. The smallest absolute Gasteiger partial charge is 0.0361 e. The summed E-state index contributed by atoms with van der Waals surface area (Å²) in [5, 5.41) is 14.6. The van der Waals surface area contributed by atoms with E-state index in [2.05, 4.69) is 133 Å². The summed E-state index contributed by atoms with van der Waals surface area (Å²) in [5.41, 5.74) is 8.91. The van der Waals surface area contributed by atoms with Gasteiger partial charge in [0.25, 0.3) is 0 Å². The van der Waals surface area contributed by atoms with Crippen molar-refractivity contribution in [1.29, 1.82) is 0 Å². The summed E-state index contributed by atoms with van der Waals surface area (Å²) < 4.78 is 2.77. The average Bonchev–Trinajstić information content (AvgIpc) is 3.66. The van der Waals surface area contributed by atoms with Gasteiger partial charge in [0.15, 0.2) is 0 Å². The van der Waals surface area contributed by atoms with Gasteiger partial charge in [-0.3, -0.25) is 0 Å². The summed E-state index contributed by atoms with van der Waals surface area (Å²) in [5.74, 6) is 8.66. The maximum Gasteiger partial charge on any atom is 0.0361 e. The van der Waals surface area contributed by atoms with E-state index < -0.39 is 0 Å². The lowest BCUT2D eigenvalue weighted by atomic mass is 9.50. The Bertz CT molecular complexity index is 3140. The highest BCUT2D eigenvalue weighted by Crippen LogP contribution is 2.63. The Balaban J connectivity index is 0.926. The highest BCUT2D eigenvalue weighted by atomic mass is 32.1. The van der Waals surface area contributed by atoms with Gasteiger partial charge in [0.2, 0.25) is 0 Å². The molecule has 8 aliphatic carbocycles. The third-order valence-electron chi connectivity index (χ3n) is 18.1. The van der Waals surface area contributed by atoms with Crippen molar-refractivity contribution in [1.82, 2.24) is 0 Å². The Hall–Kier alpha value is -4.98. The zero-order chi connectivity index (χ0) is 39.5. The molecule has 0 nitrogen and oxygen atoms in total. The fourth-order valence-electron chi connectivity index (χ4n) is 16.6. The van der Waals surface area contributed by atoms with E-state index in [1.54, 1.807) is 11.1 Å². The lowest BCUT2D eigenvalue weighted by Crippen LogP contribution is -2.43. The van der Waals surface area contributed by atoms with Crippen LogP contribution in [0.25, 0.3) is 85.5 Å². The van der Waals surface area contributed by atoms with Crippen molar-refractivity contribution in [3.8, 4) is 22.3 Å². The first-order valence-corrected chi connectivity index (χ1v) is 24.8. The first-order chi connectivity index (χ1) is 30.2. The second-order valence-corrected chi connectivity index (χ2v) is 22.2. The molecule has 0 radical (unpaired) electrons. The van der Waals surface area contributed by atoms with Crippen molar-refractivity contribution >= 4 is 74.6 Å². The molecule has 1 aromatic heterocycles. The topological polar surface area (TPSA) is 0 Å². The third-order valence-corrected chi connectivity index (χ3v) is 19.2. The molecule has 298 valence electrons. The van der Waals surface area contributed by atoms with Gasteiger partial charge in [-0.05, 0) is 212 Å². The van der Waals surface area contributed by atoms with Crippen molar-refractivity contribution in [2.75, 3.05) is 0 Å². The summed E-state index contributed by atoms with van der Waals surface area (Å²) in [6.07, 6.45) is 14.6. The second-order valence-electron chi connectivity index (χ2n) is 21.2. The first kappa shape index (κ1) is 34.6. The van der Waals surface area contributed by atoms with Gasteiger partial charge < -0.3 is 0 Å². The molecule has 8 saturated carbocycles. The largest absolute Gasteiger partial charge is 0.135 e. The summed E-state index contributed by atoms with van der Waals surface area (Å²) >= 11 is 1.98. The Labute approximate surface area is 363 Å². The predicted octanol–water partition coefficient (Wildman–Crippen LogP) is 17.1. The van der Waals surface area contributed by atoms with E-state index in [0.717, 1.165) is 47.3 Å². The molecule has 9 aromatic rings. The second kappa shape index (κ2) is 12.8. The molecule has 8 bridgehead atoms. The van der Waals surface area contributed by atoms with E-state index in [4.69, 9.17) is 0 Å². The average molecular weight is 805 g/mol. The minimum Gasteiger partial charge on any atom is -0.135 e. The van der Waals surface area contributed by atoms with Crippen molar-refractivity contribution in [2.45, 2.75) is 76.0 Å². The molecule has 0 unspecified atom stereocenters. The van der Waals surface area contributed by atoms with Crippen LogP contribution in [0.1, 0.15) is 87.2 Å². The van der Waals surface area contributed by atoms with Gasteiger partial charge >= 0.3 is 0 Å². The first-order valence-electron chi connectivity index (χ1n) is 24.0. The van der Waals surface area contributed by atoms with Crippen molar-refractivity contribution in [3.63, 3.8) is 0 Å². The lowest BCUT2D eigenvalue weighted by Gasteiger charge is -2.55. The summed E-state index contributed by atoms with van der Waals surface area (Å²) in [6.45, 7) is 0. The van der Waals surface area contributed by atoms with Gasteiger partial charge in [0.05, 0.1) is 0 Å².